The van der Waals surface area contributed by atoms with Gasteiger partial charge in [-0.2, -0.15) is 0 Å². The van der Waals surface area contributed by atoms with E-state index in [0.29, 0.717) is 5.69 Å². The second kappa shape index (κ2) is 7.87. The molecule has 1 N–H and O–H groups in total. The Bertz CT molecular complexity index is 1270. The summed E-state index contributed by atoms with van der Waals surface area (Å²) in [7, 11) is 1.31. The largest absolute Gasteiger partial charge is 0.464 e. The molecule has 0 radical (unpaired) electrons. The topological polar surface area (TPSA) is 94.3 Å². The molecule has 0 aliphatic carbocycles. The number of aryl methyl sites for hydroxylation is 2. The highest BCUT2D eigenvalue weighted by molar-refractivity contribution is 6.29. The van der Waals surface area contributed by atoms with Crippen LogP contribution in [0.2, 0.25) is 5.15 Å². The second-order valence-corrected chi connectivity index (χ2v) is 7.43. The van der Waals surface area contributed by atoms with Gasteiger partial charge in [-0.1, -0.05) is 24.6 Å². The normalized spacial score (nSPS) is 12.3. The number of methoxy groups -OCH3 is 1. The van der Waals surface area contributed by atoms with Gasteiger partial charge in [-0.15, -0.1) is 10.2 Å². The maximum Gasteiger partial charge on any atom is 0.358 e. The first-order chi connectivity index (χ1) is 14.4. The average molecular weight is 425 g/mol. The smallest absolute Gasteiger partial charge is 0.358 e. The Morgan fingerprint density at radius 2 is 2.10 bits per heavy atom. The van der Waals surface area contributed by atoms with Crippen LogP contribution in [0.3, 0.4) is 0 Å². The van der Waals surface area contributed by atoms with Gasteiger partial charge in [0.2, 0.25) is 0 Å². The van der Waals surface area contributed by atoms with Gasteiger partial charge in [0, 0.05) is 17.4 Å². The third-order valence-corrected chi connectivity index (χ3v) is 5.20. The lowest BCUT2D eigenvalue weighted by atomic mass is 10.0. The predicted molar refractivity (Wildman–Crippen MR) is 115 cm³/mol. The Kier molecular flexibility index (Phi) is 5.26. The summed E-state index contributed by atoms with van der Waals surface area (Å²) in [6, 6.07) is 7.32. The van der Waals surface area contributed by atoms with E-state index in [2.05, 4.69) is 32.6 Å². The standard InChI is InChI=1S/C21H21ClN6O2/c1-5-17-26-18-13(8-11(2)9-14(18)20-27-23-10-28(17)20)12(3)24-15-6-7-16(22)25-19(15)21(29)30-4/h6-10,12,24H,5H2,1-4H3. The van der Waals surface area contributed by atoms with Gasteiger partial charge in [0.15, 0.2) is 11.3 Å². The van der Waals surface area contributed by atoms with Crippen LogP contribution in [0.5, 0.6) is 0 Å². The molecule has 0 aliphatic rings. The first-order valence-corrected chi connectivity index (χ1v) is 9.95. The zero-order valence-electron chi connectivity index (χ0n) is 17.1. The van der Waals surface area contributed by atoms with Gasteiger partial charge in [0.1, 0.15) is 17.3 Å². The number of carbonyl (C=O) groups is 1. The van der Waals surface area contributed by atoms with Gasteiger partial charge in [0.05, 0.1) is 24.4 Å². The van der Waals surface area contributed by atoms with Crippen molar-refractivity contribution in [2.75, 3.05) is 12.4 Å². The minimum Gasteiger partial charge on any atom is -0.464 e. The molecular formula is C21H21ClN6O2. The number of nitrogens with zero attached hydrogens (tertiary/aromatic N) is 5. The van der Waals surface area contributed by atoms with Gasteiger partial charge >= 0.3 is 5.97 Å². The molecule has 30 heavy (non-hydrogen) atoms. The van der Waals surface area contributed by atoms with Crippen molar-refractivity contribution >= 4 is 39.8 Å². The van der Waals surface area contributed by atoms with E-state index in [1.165, 1.54) is 7.11 Å². The molecule has 1 aromatic carbocycles. The van der Waals surface area contributed by atoms with Crippen molar-refractivity contribution in [3.8, 4) is 0 Å². The molecule has 4 rings (SSSR count). The molecule has 0 saturated carbocycles. The number of benzene rings is 1. The van der Waals surface area contributed by atoms with Crippen LogP contribution in [0.1, 0.15) is 47.3 Å². The number of aromatic nitrogens is 5. The molecule has 0 fully saturated rings. The molecule has 9 heteroatoms. The number of fused-ring (bicyclic) bond motifs is 3. The van der Waals surface area contributed by atoms with Crippen molar-refractivity contribution in [3.05, 3.63) is 58.4 Å². The van der Waals surface area contributed by atoms with E-state index in [1.54, 1.807) is 18.5 Å². The quantitative estimate of drug-likeness (QED) is 0.379. The summed E-state index contributed by atoms with van der Waals surface area (Å²) in [6.45, 7) is 6.08. The molecule has 1 unspecified atom stereocenters. The van der Waals surface area contributed by atoms with Crippen LogP contribution in [0.25, 0.3) is 16.6 Å². The van der Waals surface area contributed by atoms with Gasteiger partial charge in [-0.3, -0.25) is 4.40 Å². The van der Waals surface area contributed by atoms with Crippen molar-refractivity contribution in [2.45, 2.75) is 33.2 Å². The van der Waals surface area contributed by atoms with Gasteiger partial charge < -0.3 is 10.1 Å². The number of anilines is 1. The fourth-order valence-corrected chi connectivity index (χ4v) is 3.73. The number of carbonyl (C=O) groups excluding carboxylic acids is 1. The first-order valence-electron chi connectivity index (χ1n) is 9.57. The molecular weight excluding hydrogens is 404 g/mol. The first kappa shape index (κ1) is 20.0. The molecule has 3 heterocycles. The van der Waals surface area contributed by atoms with Gasteiger partial charge in [-0.25, -0.2) is 14.8 Å². The maximum absolute atomic E-state index is 12.2. The summed E-state index contributed by atoms with van der Waals surface area (Å²) < 4.78 is 6.77. The number of hydrogen-bond acceptors (Lipinski definition) is 7. The lowest BCUT2D eigenvalue weighted by Gasteiger charge is -2.20. The Balaban J connectivity index is 1.85. The minimum absolute atomic E-state index is 0.135. The van der Waals surface area contributed by atoms with E-state index in [0.717, 1.165) is 39.9 Å². The summed E-state index contributed by atoms with van der Waals surface area (Å²) in [4.78, 5) is 21.2. The van der Waals surface area contributed by atoms with Crippen LogP contribution >= 0.6 is 11.6 Å². The number of ether oxygens (including phenoxy) is 1. The number of pyridine rings is 1. The number of nitrogens with one attached hydrogen (secondary N) is 1. The SMILES string of the molecule is CCc1nc2c(C(C)Nc3ccc(Cl)nc3C(=O)OC)cc(C)cc2c2nncn12. The maximum atomic E-state index is 12.2. The molecule has 154 valence electrons. The van der Waals surface area contributed by atoms with E-state index >= 15 is 0 Å². The van der Waals surface area contributed by atoms with Crippen LogP contribution in [0, 0.1) is 6.92 Å². The summed E-state index contributed by atoms with van der Waals surface area (Å²) >= 11 is 5.98. The second-order valence-electron chi connectivity index (χ2n) is 7.04. The van der Waals surface area contributed by atoms with Crippen molar-refractivity contribution < 1.29 is 9.53 Å². The molecule has 0 spiro atoms. The van der Waals surface area contributed by atoms with Crippen molar-refractivity contribution in [3.63, 3.8) is 0 Å². The summed E-state index contributed by atoms with van der Waals surface area (Å²) in [5.41, 5.74) is 4.35. The zero-order valence-corrected chi connectivity index (χ0v) is 17.9. The Morgan fingerprint density at radius 1 is 1.30 bits per heavy atom. The molecule has 0 amide bonds. The van der Waals surface area contributed by atoms with E-state index < -0.39 is 5.97 Å². The van der Waals surface area contributed by atoms with E-state index in [4.69, 9.17) is 21.3 Å². The van der Waals surface area contributed by atoms with Crippen molar-refractivity contribution in [1.29, 1.82) is 0 Å². The average Bonchev–Trinajstić information content (AvgIpc) is 3.23. The molecule has 0 aliphatic heterocycles. The molecule has 8 nitrogen and oxygen atoms in total. The third-order valence-electron chi connectivity index (χ3n) is 4.99. The van der Waals surface area contributed by atoms with Crippen LogP contribution in [-0.2, 0) is 11.2 Å². The summed E-state index contributed by atoms with van der Waals surface area (Å²) in [5.74, 6) is 0.320. The number of rotatable bonds is 5. The minimum atomic E-state index is -0.558. The van der Waals surface area contributed by atoms with Crippen LogP contribution in [0.15, 0.2) is 30.6 Å². The molecule has 0 bridgehead atoms. The van der Waals surface area contributed by atoms with E-state index in [1.807, 2.05) is 25.2 Å². The number of hydrogen-bond donors (Lipinski definition) is 1. The summed E-state index contributed by atoms with van der Waals surface area (Å²) in [5, 5.41) is 12.9. The van der Waals surface area contributed by atoms with Crippen LogP contribution < -0.4 is 5.32 Å². The molecule has 4 aromatic rings. The molecule has 1 atom stereocenters. The lowest BCUT2D eigenvalue weighted by molar-refractivity contribution is 0.0595. The molecule has 3 aromatic heterocycles. The van der Waals surface area contributed by atoms with Crippen LogP contribution in [-0.4, -0.2) is 37.6 Å². The Hall–Kier alpha value is -3.26. The van der Waals surface area contributed by atoms with Gasteiger partial charge in [0.25, 0.3) is 0 Å². The van der Waals surface area contributed by atoms with Crippen LogP contribution in [0.4, 0.5) is 5.69 Å². The number of halogens is 1. The predicted octanol–water partition coefficient (Wildman–Crippen LogP) is 4.16. The Morgan fingerprint density at radius 3 is 2.83 bits per heavy atom. The summed E-state index contributed by atoms with van der Waals surface area (Å²) in [6.07, 6.45) is 2.43. The van der Waals surface area contributed by atoms with E-state index in [9.17, 15) is 4.79 Å². The fourth-order valence-electron chi connectivity index (χ4n) is 3.59. The number of esters is 1. The fraction of sp³-hybridized carbons (Fsp3) is 0.286. The highest BCUT2D eigenvalue weighted by Gasteiger charge is 2.20. The highest BCUT2D eigenvalue weighted by Crippen LogP contribution is 2.30. The van der Waals surface area contributed by atoms with Crippen molar-refractivity contribution in [2.24, 2.45) is 0 Å². The Labute approximate surface area is 178 Å². The lowest BCUT2D eigenvalue weighted by Crippen LogP contribution is -2.14. The third kappa shape index (κ3) is 3.43. The van der Waals surface area contributed by atoms with E-state index in [-0.39, 0.29) is 16.9 Å². The van der Waals surface area contributed by atoms with Gasteiger partial charge in [-0.05, 0) is 37.6 Å². The zero-order chi connectivity index (χ0) is 21.4. The monoisotopic (exact) mass is 424 g/mol. The molecule has 0 saturated heterocycles. The highest BCUT2D eigenvalue weighted by atomic mass is 35.5. The van der Waals surface area contributed by atoms with Crippen molar-refractivity contribution in [1.82, 2.24) is 24.6 Å².